The smallest absolute Gasteiger partial charge is 0.143 e. The highest BCUT2D eigenvalue weighted by atomic mass is 16.5. The summed E-state index contributed by atoms with van der Waals surface area (Å²) in [6, 6.07) is 5.84. The van der Waals surface area contributed by atoms with Crippen LogP contribution in [0, 0.1) is 0 Å². The first-order valence-electron chi connectivity index (χ1n) is 6.13. The van der Waals surface area contributed by atoms with E-state index in [2.05, 4.69) is 4.98 Å². The minimum absolute atomic E-state index is 0.618. The largest absolute Gasteiger partial charge is 0.494 e. The number of benzene rings is 1. The van der Waals surface area contributed by atoms with Crippen molar-refractivity contribution < 1.29 is 9.47 Å². The zero-order valence-electron chi connectivity index (χ0n) is 11.0. The summed E-state index contributed by atoms with van der Waals surface area (Å²) < 4.78 is 13.1. The monoisotopic (exact) mass is 246 g/mol. The van der Waals surface area contributed by atoms with Gasteiger partial charge in [-0.3, -0.25) is 0 Å². The van der Waals surface area contributed by atoms with Crippen LogP contribution < -0.4 is 9.47 Å². The van der Waals surface area contributed by atoms with Gasteiger partial charge < -0.3 is 14.0 Å². The number of hydrogen-bond acceptors (Lipinski definition) is 3. The maximum atomic E-state index is 5.67. The fourth-order valence-corrected chi connectivity index (χ4v) is 1.84. The van der Waals surface area contributed by atoms with E-state index in [4.69, 9.17) is 9.47 Å². The van der Waals surface area contributed by atoms with Gasteiger partial charge in [0.15, 0.2) is 0 Å². The molecule has 96 valence electrons. The van der Waals surface area contributed by atoms with E-state index < -0.39 is 0 Å². The van der Waals surface area contributed by atoms with Crippen LogP contribution in [0.25, 0.3) is 11.4 Å². The Morgan fingerprint density at radius 2 is 1.94 bits per heavy atom. The number of rotatable bonds is 5. The van der Waals surface area contributed by atoms with Gasteiger partial charge in [-0.15, -0.1) is 0 Å². The third-order valence-electron chi connectivity index (χ3n) is 2.63. The zero-order valence-corrected chi connectivity index (χ0v) is 11.0. The van der Waals surface area contributed by atoms with Crippen molar-refractivity contribution in [2.75, 3.05) is 13.2 Å². The van der Waals surface area contributed by atoms with Gasteiger partial charge in [0.25, 0.3) is 0 Å². The Hall–Kier alpha value is -1.97. The maximum Gasteiger partial charge on any atom is 0.143 e. The number of aryl methyl sites for hydroxylation is 1. The maximum absolute atomic E-state index is 5.67. The lowest BCUT2D eigenvalue weighted by molar-refractivity contribution is 0.324. The SMILES string of the molecule is CCOc1ccc(-c2nccn2C)c(OCC)c1. The van der Waals surface area contributed by atoms with Crippen LogP contribution in [0.2, 0.25) is 0 Å². The Morgan fingerprint density at radius 3 is 2.56 bits per heavy atom. The predicted octanol–water partition coefficient (Wildman–Crippen LogP) is 2.88. The van der Waals surface area contributed by atoms with Crippen molar-refractivity contribution in [2.45, 2.75) is 13.8 Å². The molecule has 1 aromatic heterocycles. The molecule has 0 atom stereocenters. The molecular formula is C14H18N2O2. The Bertz CT molecular complexity index is 520. The van der Waals surface area contributed by atoms with Gasteiger partial charge >= 0.3 is 0 Å². The van der Waals surface area contributed by atoms with Crippen LogP contribution in [-0.4, -0.2) is 22.8 Å². The highest BCUT2D eigenvalue weighted by molar-refractivity contribution is 5.66. The van der Waals surface area contributed by atoms with Crippen molar-refractivity contribution in [3.63, 3.8) is 0 Å². The summed E-state index contributed by atoms with van der Waals surface area (Å²) in [4.78, 5) is 4.35. The fraction of sp³-hybridized carbons (Fsp3) is 0.357. The highest BCUT2D eigenvalue weighted by Gasteiger charge is 2.11. The first kappa shape index (κ1) is 12.5. The lowest BCUT2D eigenvalue weighted by atomic mass is 10.1. The molecule has 4 nitrogen and oxygen atoms in total. The molecule has 4 heteroatoms. The average molecular weight is 246 g/mol. The Kier molecular flexibility index (Phi) is 3.87. The van der Waals surface area contributed by atoms with Gasteiger partial charge in [-0.05, 0) is 26.0 Å². The predicted molar refractivity (Wildman–Crippen MR) is 71.0 cm³/mol. The van der Waals surface area contributed by atoms with Crippen LogP contribution in [0.1, 0.15) is 13.8 Å². The van der Waals surface area contributed by atoms with Crippen LogP contribution in [-0.2, 0) is 7.05 Å². The van der Waals surface area contributed by atoms with E-state index in [-0.39, 0.29) is 0 Å². The quantitative estimate of drug-likeness (QED) is 0.814. The van der Waals surface area contributed by atoms with Crippen molar-refractivity contribution in [1.29, 1.82) is 0 Å². The summed E-state index contributed by atoms with van der Waals surface area (Å²) in [7, 11) is 1.97. The van der Waals surface area contributed by atoms with Crippen LogP contribution in [0.4, 0.5) is 0 Å². The summed E-state index contributed by atoms with van der Waals surface area (Å²) in [6.45, 7) is 5.20. The van der Waals surface area contributed by atoms with E-state index in [9.17, 15) is 0 Å². The topological polar surface area (TPSA) is 36.3 Å². The second kappa shape index (κ2) is 5.58. The molecule has 2 aromatic rings. The van der Waals surface area contributed by atoms with Crippen LogP contribution in [0.15, 0.2) is 30.6 Å². The van der Waals surface area contributed by atoms with Crippen molar-refractivity contribution in [1.82, 2.24) is 9.55 Å². The molecule has 0 N–H and O–H groups in total. The van der Waals surface area contributed by atoms with Crippen LogP contribution >= 0.6 is 0 Å². The third-order valence-corrected chi connectivity index (χ3v) is 2.63. The minimum Gasteiger partial charge on any atom is -0.494 e. The van der Waals surface area contributed by atoms with E-state index in [1.807, 2.05) is 49.9 Å². The van der Waals surface area contributed by atoms with Crippen molar-refractivity contribution in [3.05, 3.63) is 30.6 Å². The van der Waals surface area contributed by atoms with Gasteiger partial charge in [0.05, 0.1) is 18.8 Å². The van der Waals surface area contributed by atoms with Gasteiger partial charge in [0.1, 0.15) is 17.3 Å². The van der Waals surface area contributed by atoms with Gasteiger partial charge in [-0.1, -0.05) is 0 Å². The van der Waals surface area contributed by atoms with Crippen molar-refractivity contribution in [3.8, 4) is 22.9 Å². The molecule has 1 aromatic carbocycles. The van der Waals surface area contributed by atoms with Crippen molar-refractivity contribution >= 4 is 0 Å². The summed E-state index contributed by atoms with van der Waals surface area (Å²) in [6.07, 6.45) is 3.70. The molecule has 18 heavy (non-hydrogen) atoms. The molecule has 1 heterocycles. The number of ether oxygens (including phenoxy) is 2. The van der Waals surface area contributed by atoms with Gasteiger partial charge in [-0.2, -0.15) is 0 Å². The molecule has 0 aliphatic heterocycles. The Labute approximate surface area is 107 Å². The molecule has 0 aliphatic rings. The minimum atomic E-state index is 0.618. The first-order chi connectivity index (χ1) is 8.76. The molecule has 0 spiro atoms. The van der Waals surface area contributed by atoms with E-state index >= 15 is 0 Å². The van der Waals surface area contributed by atoms with Crippen LogP contribution in [0.3, 0.4) is 0 Å². The third kappa shape index (κ3) is 2.47. The molecule has 0 aliphatic carbocycles. The number of hydrogen-bond donors (Lipinski definition) is 0. The number of imidazole rings is 1. The molecule has 0 saturated carbocycles. The van der Waals surface area contributed by atoms with E-state index in [0.717, 1.165) is 22.9 Å². The standard InChI is InChI=1S/C14H18N2O2/c1-4-17-11-6-7-12(13(10-11)18-5-2)14-15-8-9-16(14)3/h6-10H,4-5H2,1-3H3. The molecule has 0 amide bonds. The Morgan fingerprint density at radius 1 is 1.17 bits per heavy atom. The zero-order chi connectivity index (χ0) is 13.0. The highest BCUT2D eigenvalue weighted by Crippen LogP contribution is 2.32. The molecule has 0 unspecified atom stereocenters. The molecule has 0 fully saturated rings. The fourth-order valence-electron chi connectivity index (χ4n) is 1.84. The summed E-state index contributed by atoms with van der Waals surface area (Å²) in [5.41, 5.74) is 0.979. The summed E-state index contributed by atoms with van der Waals surface area (Å²) in [5.74, 6) is 2.51. The van der Waals surface area contributed by atoms with Gasteiger partial charge in [0, 0.05) is 25.5 Å². The Balaban J connectivity index is 2.43. The van der Waals surface area contributed by atoms with E-state index in [0.29, 0.717) is 13.2 Å². The summed E-state index contributed by atoms with van der Waals surface area (Å²) >= 11 is 0. The van der Waals surface area contributed by atoms with E-state index in [1.54, 1.807) is 6.20 Å². The van der Waals surface area contributed by atoms with Crippen molar-refractivity contribution in [2.24, 2.45) is 7.05 Å². The lowest BCUT2D eigenvalue weighted by Crippen LogP contribution is -1.99. The van der Waals surface area contributed by atoms with Gasteiger partial charge in [0.2, 0.25) is 0 Å². The molecule has 0 saturated heterocycles. The normalized spacial score (nSPS) is 10.4. The molecule has 2 rings (SSSR count). The number of nitrogens with zero attached hydrogens (tertiary/aromatic N) is 2. The second-order valence-corrected chi connectivity index (χ2v) is 3.89. The molecule has 0 bridgehead atoms. The first-order valence-corrected chi connectivity index (χ1v) is 6.13. The van der Waals surface area contributed by atoms with Crippen LogP contribution in [0.5, 0.6) is 11.5 Å². The van der Waals surface area contributed by atoms with Gasteiger partial charge in [-0.25, -0.2) is 4.98 Å². The average Bonchev–Trinajstić information content (AvgIpc) is 2.77. The molecule has 0 radical (unpaired) electrons. The molecular weight excluding hydrogens is 228 g/mol. The summed E-state index contributed by atoms with van der Waals surface area (Å²) in [5, 5.41) is 0. The lowest BCUT2D eigenvalue weighted by Gasteiger charge is -2.12. The van der Waals surface area contributed by atoms with E-state index in [1.165, 1.54) is 0 Å². The number of aromatic nitrogens is 2. The second-order valence-electron chi connectivity index (χ2n) is 3.89.